The number of rotatable bonds is 3. The number of aliphatic hydroxyl groups is 1. The summed E-state index contributed by atoms with van der Waals surface area (Å²) in [5, 5.41) is 9.18. The summed E-state index contributed by atoms with van der Waals surface area (Å²) in [5.41, 5.74) is -0.610. The third-order valence-corrected chi connectivity index (χ3v) is 2.01. The highest BCUT2D eigenvalue weighted by Gasteiger charge is 2.24. The molecule has 0 spiro atoms. The van der Waals surface area contributed by atoms with E-state index in [1.807, 2.05) is 0 Å². The lowest BCUT2D eigenvalue weighted by Gasteiger charge is -2.19. The summed E-state index contributed by atoms with van der Waals surface area (Å²) in [6.07, 6.45) is 2.09. The summed E-state index contributed by atoms with van der Waals surface area (Å²) in [6, 6.07) is 0. The molecule has 0 saturated carbocycles. The van der Waals surface area contributed by atoms with E-state index >= 15 is 0 Å². The van der Waals surface area contributed by atoms with Crippen LogP contribution in [0.5, 0.6) is 0 Å². The molecule has 0 aromatic carbocycles. The van der Waals surface area contributed by atoms with E-state index < -0.39 is 36.2 Å². The summed E-state index contributed by atoms with van der Waals surface area (Å²) >= 11 is 0. The first-order valence-electron chi connectivity index (χ1n) is 5.54. The van der Waals surface area contributed by atoms with Gasteiger partial charge in [0, 0.05) is 6.42 Å². The van der Waals surface area contributed by atoms with Crippen molar-refractivity contribution in [2.24, 2.45) is 0 Å². The Morgan fingerprint density at radius 2 is 1.94 bits per heavy atom. The molecule has 5 heteroatoms. The van der Waals surface area contributed by atoms with Crippen LogP contribution in [0.25, 0.3) is 0 Å². The van der Waals surface area contributed by atoms with Crippen molar-refractivity contribution in [3.63, 3.8) is 0 Å². The van der Waals surface area contributed by atoms with Gasteiger partial charge in [-0.15, -0.1) is 0 Å². The van der Waals surface area contributed by atoms with Gasteiger partial charge >= 0.3 is 11.9 Å². The Bertz CT molecular complexity index is 326. The van der Waals surface area contributed by atoms with Gasteiger partial charge in [-0.2, -0.15) is 0 Å². The molecule has 0 bridgehead atoms. The average Bonchev–Trinajstić information content (AvgIpc) is 2.46. The van der Waals surface area contributed by atoms with Crippen LogP contribution >= 0.6 is 0 Å². The maximum atomic E-state index is 11.4. The lowest BCUT2D eigenvalue weighted by atomic mass is 10.2. The second kappa shape index (κ2) is 5.31. The number of carbonyl (C=O) groups excluding carboxylic acids is 2. The Hall–Kier alpha value is -1.36. The van der Waals surface area contributed by atoms with Crippen molar-refractivity contribution in [3.05, 3.63) is 12.2 Å². The van der Waals surface area contributed by atoms with Gasteiger partial charge in [0.15, 0.2) is 0 Å². The normalized spacial score (nSPS) is 23.5. The molecule has 5 nitrogen and oxygen atoms in total. The van der Waals surface area contributed by atoms with E-state index in [-0.39, 0.29) is 0 Å². The molecule has 0 aromatic rings. The number of hydrogen-bond donors (Lipinski definition) is 1. The van der Waals surface area contributed by atoms with Gasteiger partial charge in [0.1, 0.15) is 18.1 Å². The van der Waals surface area contributed by atoms with E-state index in [0.717, 1.165) is 0 Å². The minimum Gasteiger partial charge on any atom is -0.460 e. The van der Waals surface area contributed by atoms with Crippen molar-refractivity contribution in [2.45, 2.75) is 51.4 Å². The fourth-order valence-electron chi connectivity index (χ4n) is 1.44. The Kier molecular flexibility index (Phi) is 4.28. The van der Waals surface area contributed by atoms with Crippen LogP contribution in [-0.2, 0) is 19.1 Å². The van der Waals surface area contributed by atoms with Crippen LogP contribution in [-0.4, -0.2) is 34.9 Å². The summed E-state index contributed by atoms with van der Waals surface area (Å²) in [4.78, 5) is 22.7. The highest BCUT2D eigenvalue weighted by atomic mass is 16.6. The molecule has 0 aromatic heterocycles. The van der Waals surface area contributed by atoms with Crippen LogP contribution in [0.4, 0.5) is 0 Å². The zero-order valence-electron chi connectivity index (χ0n) is 10.3. The molecule has 2 atom stereocenters. The first-order valence-corrected chi connectivity index (χ1v) is 5.54. The molecule has 0 radical (unpaired) electrons. The van der Waals surface area contributed by atoms with E-state index in [9.17, 15) is 14.7 Å². The Balaban J connectivity index is 2.30. The summed E-state index contributed by atoms with van der Waals surface area (Å²) < 4.78 is 9.97. The first kappa shape index (κ1) is 13.7. The molecular formula is C12H18O5. The summed E-state index contributed by atoms with van der Waals surface area (Å²) in [5.74, 6) is -1.24. The molecular weight excluding hydrogens is 224 g/mol. The molecule has 1 N–H and O–H groups in total. The third kappa shape index (κ3) is 5.49. The predicted molar refractivity (Wildman–Crippen MR) is 60.1 cm³/mol. The van der Waals surface area contributed by atoms with Crippen LogP contribution < -0.4 is 0 Å². The molecule has 0 fully saturated rings. The second-order valence-corrected chi connectivity index (χ2v) is 4.98. The zero-order valence-corrected chi connectivity index (χ0v) is 10.3. The topological polar surface area (TPSA) is 72.8 Å². The van der Waals surface area contributed by atoms with Gasteiger partial charge in [0.2, 0.25) is 0 Å². The van der Waals surface area contributed by atoms with E-state index in [4.69, 9.17) is 9.47 Å². The van der Waals surface area contributed by atoms with Crippen molar-refractivity contribution in [3.8, 4) is 0 Å². The van der Waals surface area contributed by atoms with Crippen molar-refractivity contribution >= 4 is 11.9 Å². The standard InChI is InChI=1S/C12H18O5/c1-12(2,3)17-11(15)7-10(14)16-9-5-4-8(13)6-9/h4-5,8-9,13H,6-7H2,1-3H3/t8-,9+/m0/s1. The highest BCUT2D eigenvalue weighted by molar-refractivity contribution is 5.91. The lowest BCUT2D eigenvalue weighted by Crippen LogP contribution is -2.27. The van der Waals surface area contributed by atoms with Gasteiger partial charge in [-0.3, -0.25) is 9.59 Å². The molecule has 1 aliphatic carbocycles. The first-order chi connectivity index (χ1) is 7.76. The van der Waals surface area contributed by atoms with Crippen molar-refractivity contribution in [2.75, 3.05) is 0 Å². The Morgan fingerprint density at radius 1 is 1.29 bits per heavy atom. The van der Waals surface area contributed by atoms with E-state index in [1.165, 1.54) is 0 Å². The number of aliphatic hydroxyl groups excluding tert-OH is 1. The predicted octanol–water partition coefficient (Wildman–Crippen LogP) is 0.951. The Labute approximate surface area is 100 Å². The van der Waals surface area contributed by atoms with E-state index in [0.29, 0.717) is 6.42 Å². The van der Waals surface area contributed by atoms with Gasteiger partial charge in [0.25, 0.3) is 0 Å². The molecule has 0 unspecified atom stereocenters. The molecule has 0 aliphatic heterocycles. The van der Waals surface area contributed by atoms with Crippen molar-refractivity contribution in [1.29, 1.82) is 0 Å². The lowest BCUT2D eigenvalue weighted by molar-refractivity contribution is -0.162. The largest absolute Gasteiger partial charge is 0.460 e. The minimum absolute atomic E-state index is 0.347. The highest BCUT2D eigenvalue weighted by Crippen LogP contribution is 2.15. The third-order valence-electron chi connectivity index (χ3n) is 2.01. The molecule has 0 heterocycles. The van der Waals surface area contributed by atoms with Gasteiger partial charge in [-0.1, -0.05) is 6.08 Å². The minimum atomic E-state index is -0.636. The zero-order chi connectivity index (χ0) is 13.1. The summed E-state index contributed by atoms with van der Waals surface area (Å²) in [6.45, 7) is 5.19. The summed E-state index contributed by atoms with van der Waals surface area (Å²) in [7, 11) is 0. The smallest absolute Gasteiger partial charge is 0.317 e. The van der Waals surface area contributed by atoms with Crippen LogP contribution in [0.1, 0.15) is 33.6 Å². The van der Waals surface area contributed by atoms with Gasteiger partial charge in [-0.05, 0) is 26.8 Å². The second-order valence-electron chi connectivity index (χ2n) is 4.98. The fraction of sp³-hybridized carbons (Fsp3) is 0.667. The van der Waals surface area contributed by atoms with Crippen LogP contribution in [0.15, 0.2) is 12.2 Å². The SMILES string of the molecule is CC(C)(C)OC(=O)CC(=O)O[C@@H]1C=C[C@H](O)C1. The van der Waals surface area contributed by atoms with Crippen molar-refractivity contribution < 1.29 is 24.2 Å². The fourth-order valence-corrected chi connectivity index (χ4v) is 1.44. The number of ether oxygens (including phenoxy) is 2. The van der Waals surface area contributed by atoms with Gasteiger partial charge in [-0.25, -0.2) is 0 Å². The average molecular weight is 242 g/mol. The molecule has 17 heavy (non-hydrogen) atoms. The number of hydrogen-bond acceptors (Lipinski definition) is 5. The van der Waals surface area contributed by atoms with Gasteiger partial charge in [0.05, 0.1) is 6.10 Å². The number of esters is 2. The van der Waals surface area contributed by atoms with Crippen LogP contribution in [0, 0.1) is 0 Å². The molecule has 96 valence electrons. The maximum Gasteiger partial charge on any atom is 0.317 e. The monoisotopic (exact) mass is 242 g/mol. The molecule has 0 saturated heterocycles. The quantitative estimate of drug-likeness (QED) is 0.453. The van der Waals surface area contributed by atoms with Gasteiger partial charge < -0.3 is 14.6 Å². The molecule has 0 amide bonds. The van der Waals surface area contributed by atoms with Crippen molar-refractivity contribution in [1.82, 2.24) is 0 Å². The molecule has 1 aliphatic rings. The van der Waals surface area contributed by atoms with Crippen LogP contribution in [0.3, 0.4) is 0 Å². The van der Waals surface area contributed by atoms with E-state index in [2.05, 4.69) is 0 Å². The van der Waals surface area contributed by atoms with E-state index in [1.54, 1.807) is 32.9 Å². The Morgan fingerprint density at radius 3 is 2.41 bits per heavy atom. The maximum absolute atomic E-state index is 11.4. The number of carbonyl (C=O) groups is 2. The van der Waals surface area contributed by atoms with Crippen LogP contribution in [0.2, 0.25) is 0 Å². The molecule has 1 rings (SSSR count).